The second-order valence-electron chi connectivity index (χ2n) is 10.4. The molecule has 0 saturated heterocycles. The number of nitrogens with one attached hydrogen (secondary N) is 2. The van der Waals surface area contributed by atoms with Crippen LogP contribution in [0.2, 0.25) is 0 Å². The predicted octanol–water partition coefficient (Wildman–Crippen LogP) is 6.43. The maximum atomic E-state index is 13.5. The maximum absolute atomic E-state index is 13.5. The second-order valence-corrected chi connectivity index (χ2v) is 10.4. The number of H-pyrrole nitrogens is 1. The molecule has 39 heavy (non-hydrogen) atoms. The SMILES string of the molecule is CC(C(=O)Nc1cc(-c2[nH]c3c(CC4CC4)cn(C)c(=O)c3c2-c2ccccc2)ccn1)c1ccc(F)cc1. The van der Waals surface area contributed by atoms with Crippen LogP contribution in [0.5, 0.6) is 0 Å². The monoisotopic (exact) mass is 520 g/mol. The standard InChI is InChI=1S/C32H29FN4O2/c1-19(21-10-12-25(33)13-11-21)31(38)35-26-17-23(14-15-34-26)29-27(22-6-4-3-5-7-22)28-30(36-29)24(16-20-8-9-20)18-37(2)32(28)39/h3-7,10-15,17-20,36H,8-9,16H2,1-2H3,(H,34,35,38). The van der Waals surface area contributed by atoms with Gasteiger partial charge < -0.3 is 14.9 Å². The van der Waals surface area contributed by atoms with Crippen molar-refractivity contribution in [3.8, 4) is 22.4 Å². The lowest BCUT2D eigenvalue weighted by Crippen LogP contribution is -2.19. The number of rotatable bonds is 7. The van der Waals surface area contributed by atoms with E-state index in [2.05, 4.69) is 15.3 Å². The first-order chi connectivity index (χ1) is 18.9. The number of pyridine rings is 2. The van der Waals surface area contributed by atoms with Crippen LogP contribution >= 0.6 is 0 Å². The molecule has 2 aromatic carbocycles. The van der Waals surface area contributed by atoms with Gasteiger partial charge in [-0.15, -0.1) is 0 Å². The van der Waals surface area contributed by atoms with Gasteiger partial charge in [-0.2, -0.15) is 0 Å². The van der Waals surface area contributed by atoms with E-state index < -0.39 is 5.92 Å². The number of amides is 1. The van der Waals surface area contributed by atoms with Gasteiger partial charge in [0.1, 0.15) is 11.6 Å². The summed E-state index contributed by atoms with van der Waals surface area (Å²) in [6, 6.07) is 19.5. The number of aromatic amines is 1. The lowest BCUT2D eigenvalue weighted by Gasteiger charge is -2.13. The molecule has 1 amide bonds. The molecule has 5 aromatic rings. The maximum Gasteiger partial charge on any atom is 0.260 e. The van der Waals surface area contributed by atoms with Gasteiger partial charge in [0, 0.05) is 30.6 Å². The van der Waals surface area contributed by atoms with Crippen LogP contribution in [0.1, 0.15) is 36.8 Å². The van der Waals surface area contributed by atoms with Crippen LogP contribution in [0, 0.1) is 11.7 Å². The molecular weight excluding hydrogens is 491 g/mol. The van der Waals surface area contributed by atoms with Gasteiger partial charge in [-0.05, 0) is 73.1 Å². The van der Waals surface area contributed by atoms with Gasteiger partial charge >= 0.3 is 0 Å². The fourth-order valence-electron chi connectivity index (χ4n) is 5.18. The van der Waals surface area contributed by atoms with Crippen LogP contribution in [0.25, 0.3) is 33.3 Å². The lowest BCUT2D eigenvalue weighted by molar-refractivity contribution is -0.117. The number of hydrogen-bond acceptors (Lipinski definition) is 3. The van der Waals surface area contributed by atoms with Crippen molar-refractivity contribution in [2.75, 3.05) is 5.32 Å². The minimum absolute atomic E-state index is 0.0541. The van der Waals surface area contributed by atoms with Crippen LogP contribution in [-0.4, -0.2) is 20.4 Å². The number of fused-ring (bicyclic) bond motifs is 1. The van der Waals surface area contributed by atoms with E-state index in [1.54, 1.807) is 29.8 Å². The van der Waals surface area contributed by atoms with Crippen LogP contribution < -0.4 is 10.9 Å². The predicted molar refractivity (Wildman–Crippen MR) is 152 cm³/mol. The summed E-state index contributed by atoms with van der Waals surface area (Å²) in [7, 11) is 1.81. The molecule has 1 aliphatic rings. The van der Waals surface area contributed by atoms with Crippen molar-refractivity contribution < 1.29 is 9.18 Å². The van der Waals surface area contributed by atoms with E-state index >= 15 is 0 Å². The highest BCUT2D eigenvalue weighted by atomic mass is 19.1. The third-order valence-electron chi connectivity index (χ3n) is 7.54. The van der Waals surface area contributed by atoms with E-state index in [-0.39, 0.29) is 17.3 Å². The Morgan fingerprint density at radius 3 is 2.56 bits per heavy atom. The third-order valence-corrected chi connectivity index (χ3v) is 7.54. The Morgan fingerprint density at radius 2 is 1.85 bits per heavy atom. The topological polar surface area (TPSA) is 79.8 Å². The largest absolute Gasteiger partial charge is 0.354 e. The molecule has 1 fully saturated rings. The van der Waals surface area contributed by atoms with Crippen molar-refractivity contribution >= 4 is 22.6 Å². The molecule has 2 N–H and O–H groups in total. The van der Waals surface area contributed by atoms with Crippen LogP contribution in [-0.2, 0) is 18.3 Å². The van der Waals surface area contributed by atoms with E-state index in [4.69, 9.17) is 0 Å². The first kappa shape index (κ1) is 24.8. The molecule has 3 heterocycles. The molecule has 0 radical (unpaired) electrons. The van der Waals surface area contributed by atoms with E-state index in [9.17, 15) is 14.0 Å². The summed E-state index contributed by atoms with van der Waals surface area (Å²) in [5, 5.41) is 3.57. The minimum atomic E-state index is -0.489. The Morgan fingerprint density at radius 1 is 1.10 bits per heavy atom. The first-order valence-corrected chi connectivity index (χ1v) is 13.2. The van der Waals surface area contributed by atoms with Crippen molar-refractivity contribution in [3.05, 3.63) is 106 Å². The zero-order chi connectivity index (χ0) is 27.1. The van der Waals surface area contributed by atoms with E-state index in [0.717, 1.165) is 39.9 Å². The van der Waals surface area contributed by atoms with Gasteiger partial charge in [-0.1, -0.05) is 42.5 Å². The number of aryl methyl sites for hydroxylation is 1. The van der Waals surface area contributed by atoms with Crippen molar-refractivity contribution in [3.63, 3.8) is 0 Å². The fraction of sp³-hybridized carbons (Fsp3) is 0.219. The van der Waals surface area contributed by atoms with Gasteiger partial charge in [0.05, 0.1) is 22.5 Å². The Bertz CT molecular complexity index is 1730. The number of carbonyl (C=O) groups excluding carboxylic acids is 1. The highest BCUT2D eigenvalue weighted by molar-refractivity contribution is 6.05. The molecule has 0 aliphatic heterocycles. The fourth-order valence-corrected chi connectivity index (χ4v) is 5.18. The van der Waals surface area contributed by atoms with Gasteiger partial charge in [-0.3, -0.25) is 9.59 Å². The molecule has 196 valence electrons. The number of benzene rings is 2. The zero-order valence-electron chi connectivity index (χ0n) is 21.9. The van der Waals surface area contributed by atoms with Crippen molar-refractivity contribution in [2.45, 2.75) is 32.1 Å². The molecule has 7 heteroatoms. The normalized spacial score (nSPS) is 13.9. The number of carbonyl (C=O) groups is 1. The number of halogens is 1. The van der Waals surface area contributed by atoms with Crippen LogP contribution in [0.4, 0.5) is 10.2 Å². The molecule has 1 saturated carbocycles. The summed E-state index contributed by atoms with van der Waals surface area (Å²) in [5.74, 6) is -0.0223. The van der Waals surface area contributed by atoms with Crippen molar-refractivity contribution in [1.82, 2.24) is 14.5 Å². The quantitative estimate of drug-likeness (QED) is 0.260. The molecule has 1 atom stereocenters. The van der Waals surface area contributed by atoms with Gasteiger partial charge in [0.25, 0.3) is 5.56 Å². The first-order valence-electron chi connectivity index (χ1n) is 13.2. The molecule has 6 rings (SSSR count). The number of anilines is 1. The summed E-state index contributed by atoms with van der Waals surface area (Å²) in [5.41, 5.74) is 6.05. The van der Waals surface area contributed by atoms with E-state index in [0.29, 0.717) is 22.7 Å². The van der Waals surface area contributed by atoms with Gasteiger partial charge in [0.15, 0.2) is 0 Å². The average molecular weight is 521 g/mol. The third kappa shape index (κ3) is 4.88. The summed E-state index contributed by atoms with van der Waals surface area (Å²) < 4.78 is 15.0. The number of aromatic nitrogens is 3. The highest BCUT2D eigenvalue weighted by Crippen LogP contribution is 2.40. The molecule has 0 bridgehead atoms. The van der Waals surface area contributed by atoms with Gasteiger partial charge in [0.2, 0.25) is 5.91 Å². The number of nitrogens with zero attached hydrogens (tertiary/aromatic N) is 2. The van der Waals surface area contributed by atoms with E-state index in [1.165, 1.54) is 25.0 Å². The van der Waals surface area contributed by atoms with Crippen molar-refractivity contribution in [1.29, 1.82) is 0 Å². The molecule has 0 spiro atoms. The van der Waals surface area contributed by atoms with Crippen LogP contribution in [0.15, 0.2) is 83.9 Å². The Kier molecular flexibility index (Phi) is 6.35. The molecule has 6 nitrogen and oxygen atoms in total. The molecule has 1 unspecified atom stereocenters. The Hall–Kier alpha value is -4.52. The Balaban J connectivity index is 1.44. The summed E-state index contributed by atoms with van der Waals surface area (Å²) in [4.78, 5) is 34.5. The summed E-state index contributed by atoms with van der Waals surface area (Å²) in [6.07, 6.45) is 6.96. The highest BCUT2D eigenvalue weighted by Gasteiger charge is 2.26. The second kappa shape index (κ2) is 9.98. The van der Waals surface area contributed by atoms with Crippen molar-refractivity contribution in [2.24, 2.45) is 13.0 Å². The summed E-state index contributed by atoms with van der Waals surface area (Å²) in [6.45, 7) is 1.77. The van der Waals surface area contributed by atoms with E-state index in [1.807, 2.05) is 55.7 Å². The summed E-state index contributed by atoms with van der Waals surface area (Å²) >= 11 is 0. The Labute approximate surface area is 225 Å². The zero-order valence-corrected chi connectivity index (χ0v) is 21.9. The molecular formula is C32H29FN4O2. The lowest BCUT2D eigenvalue weighted by atomic mass is 9.98. The molecule has 1 aliphatic carbocycles. The smallest absolute Gasteiger partial charge is 0.260 e. The average Bonchev–Trinajstić information content (AvgIpc) is 3.67. The van der Waals surface area contributed by atoms with Crippen LogP contribution in [0.3, 0.4) is 0 Å². The van der Waals surface area contributed by atoms with Gasteiger partial charge in [-0.25, -0.2) is 9.37 Å². The minimum Gasteiger partial charge on any atom is -0.354 e. The molecule has 3 aromatic heterocycles. The number of hydrogen-bond donors (Lipinski definition) is 2.